The number of hydrogen-bond acceptors (Lipinski definition) is 2. The number of rotatable bonds is 10. The highest BCUT2D eigenvalue weighted by atomic mass is 16.2. The molecule has 0 aliphatic rings. The van der Waals surface area contributed by atoms with Gasteiger partial charge < -0.3 is 0 Å². The Morgan fingerprint density at radius 1 is 1.24 bits per heavy atom. The van der Waals surface area contributed by atoms with Gasteiger partial charge in [0.25, 0.3) is 5.91 Å². The Morgan fingerprint density at radius 2 is 2.00 bits per heavy atom. The zero-order valence-corrected chi connectivity index (χ0v) is 10.8. The highest BCUT2D eigenvalue weighted by Crippen LogP contribution is 2.03. The van der Waals surface area contributed by atoms with E-state index in [9.17, 15) is 4.79 Å². The number of unbranched alkanes of at least 4 members (excludes halogenated alkanes) is 2. The van der Waals surface area contributed by atoms with Crippen molar-refractivity contribution in [2.24, 2.45) is 0 Å². The number of hydrazine groups is 1. The van der Waals surface area contributed by atoms with Crippen molar-refractivity contribution < 1.29 is 4.79 Å². The average molecular weight is 236 g/mol. The molecule has 0 atom stereocenters. The zero-order valence-electron chi connectivity index (χ0n) is 10.8. The molecule has 17 heavy (non-hydrogen) atoms. The molecule has 0 rings (SSSR count). The van der Waals surface area contributed by atoms with Gasteiger partial charge in [0, 0.05) is 12.1 Å². The topological polar surface area (TPSA) is 41.1 Å². The molecule has 96 valence electrons. The van der Waals surface area contributed by atoms with Crippen molar-refractivity contribution in [1.82, 2.24) is 10.9 Å². The van der Waals surface area contributed by atoms with E-state index in [1.807, 2.05) is 6.08 Å². The van der Waals surface area contributed by atoms with Crippen LogP contribution in [0.1, 0.15) is 39.0 Å². The first kappa shape index (κ1) is 15.7. The summed E-state index contributed by atoms with van der Waals surface area (Å²) in [4.78, 5) is 11.7. The summed E-state index contributed by atoms with van der Waals surface area (Å²) in [6, 6.07) is 0. The number of allylic oxidation sites excluding steroid dienone is 3. The maximum Gasteiger partial charge on any atom is 0.261 e. The predicted molar refractivity (Wildman–Crippen MR) is 73.4 cm³/mol. The first-order valence-corrected chi connectivity index (χ1v) is 6.20. The van der Waals surface area contributed by atoms with Gasteiger partial charge in [0.05, 0.1) is 0 Å². The molecule has 0 radical (unpaired) electrons. The number of amides is 1. The van der Waals surface area contributed by atoms with E-state index < -0.39 is 0 Å². The van der Waals surface area contributed by atoms with Crippen LogP contribution in [0.15, 0.2) is 37.0 Å². The Hall–Kier alpha value is -1.35. The first-order chi connectivity index (χ1) is 8.26. The minimum atomic E-state index is -0.0803. The maximum absolute atomic E-state index is 11.7. The average Bonchev–Trinajstić information content (AvgIpc) is 2.34. The highest BCUT2D eigenvalue weighted by molar-refractivity contribution is 5.93. The Kier molecular flexibility index (Phi) is 10.3. The van der Waals surface area contributed by atoms with Gasteiger partial charge in [-0.05, 0) is 19.3 Å². The third-order valence-electron chi connectivity index (χ3n) is 2.29. The molecule has 0 aliphatic carbocycles. The molecule has 3 nitrogen and oxygen atoms in total. The van der Waals surface area contributed by atoms with Gasteiger partial charge in [-0.2, -0.15) is 0 Å². The fourth-order valence-corrected chi connectivity index (χ4v) is 1.34. The standard InChI is InChI=1S/C14H24N2O/c1-4-7-9-12-15-16-14(17)13(10-6-3)11-8-5-2/h5-6,11,15H,2-4,7-10,12H2,1H3,(H,16,17). The lowest BCUT2D eigenvalue weighted by Crippen LogP contribution is -2.38. The Balaban J connectivity index is 3.97. The molecule has 0 aromatic rings. The molecule has 0 aromatic carbocycles. The van der Waals surface area contributed by atoms with Crippen LogP contribution >= 0.6 is 0 Å². The second kappa shape index (κ2) is 11.1. The fourth-order valence-electron chi connectivity index (χ4n) is 1.34. The smallest absolute Gasteiger partial charge is 0.261 e. The van der Waals surface area contributed by atoms with Crippen LogP contribution in [0.5, 0.6) is 0 Å². The zero-order chi connectivity index (χ0) is 12.9. The largest absolute Gasteiger partial charge is 0.288 e. The van der Waals surface area contributed by atoms with E-state index in [4.69, 9.17) is 0 Å². The Bertz CT molecular complexity index is 269. The molecular formula is C14H24N2O. The minimum Gasteiger partial charge on any atom is -0.288 e. The summed E-state index contributed by atoms with van der Waals surface area (Å²) in [6.07, 6.45) is 10.1. The summed E-state index contributed by atoms with van der Waals surface area (Å²) in [5.41, 5.74) is 6.36. The summed E-state index contributed by atoms with van der Waals surface area (Å²) < 4.78 is 0. The Morgan fingerprint density at radius 3 is 2.59 bits per heavy atom. The van der Waals surface area contributed by atoms with Gasteiger partial charge in [0.2, 0.25) is 0 Å². The van der Waals surface area contributed by atoms with Crippen LogP contribution in [0.3, 0.4) is 0 Å². The van der Waals surface area contributed by atoms with Crippen molar-refractivity contribution in [2.45, 2.75) is 39.0 Å². The quantitative estimate of drug-likeness (QED) is 0.265. The maximum atomic E-state index is 11.7. The Labute approximate surface area is 105 Å². The lowest BCUT2D eigenvalue weighted by Gasteiger charge is -2.08. The van der Waals surface area contributed by atoms with Crippen molar-refractivity contribution in [3.8, 4) is 0 Å². The lowest BCUT2D eigenvalue weighted by atomic mass is 10.1. The molecule has 3 heteroatoms. The van der Waals surface area contributed by atoms with Crippen LogP contribution in [0, 0.1) is 0 Å². The molecule has 0 aromatic heterocycles. The number of carbonyl (C=O) groups is 1. The molecule has 0 bridgehead atoms. The van der Waals surface area contributed by atoms with Gasteiger partial charge >= 0.3 is 0 Å². The van der Waals surface area contributed by atoms with Gasteiger partial charge in [-0.1, -0.05) is 38.0 Å². The molecule has 2 N–H and O–H groups in total. The van der Waals surface area contributed by atoms with Crippen LogP contribution < -0.4 is 10.9 Å². The second-order valence-electron chi connectivity index (χ2n) is 3.83. The normalized spacial score (nSPS) is 11.0. The molecular weight excluding hydrogens is 212 g/mol. The van der Waals surface area contributed by atoms with E-state index in [-0.39, 0.29) is 5.91 Å². The van der Waals surface area contributed by atoms with E-state index in [0.29, 0.717) is 12.8 Å². The van der Waals surface area contributed by atoms with Crippen LogP contribution in [-0.2, 0) is 4.79 Å². The van der Waals surface area contributed by atoms with Crippen molar-refractivity contribution in [2.75, 3.05) is 6.54 Å². The highest BCUT2D eigenvalue weighted by Gasteiger charge is 2.05. The molecule has 0 spiro atoms. The van der Waals surface area contributed by atoms with Crippen molar-refractivity contribution in [3.05, 3.63) is 37.0 Å². The van der Waals surface area contributed by atoms with Crippen molar-refractivity contribution >= 4 is 5.91 Å². The van der Waals surface area contributed by atoms with Crippen molar-refractivity contribution in [1.29, 1.82) is 0 Å². The van der Waals surface area contributed by atoms with Gasteiger partial charge in [0.15, 0.2) is 0 Å². The number of carbonyl (C=O) groups excluding carboxylic acids is 1. The third-order valence-corrected chi connectivity index (χ3v) is 2.29. The molecule has 0 heterocycles. The van der Waals surface area contributed by atoms with Crippen molar-refractivity contribution in [3.63, 3.8) is 0 Å². The monoisotopic (exact) mass is 236 g/mol. The van der Waals surface area contributed by atoms with E-state index in [0.717, 1.165) is 18.5 Å². The summed E-state index contributed by atoms with van der Waals surface area (Å²) in [5.74, 6) is -0.0803. The van der Waals surface area contributed by atoms with Crippen LogP contribution in [-0.4, -0.2) is 12.5 Å². The summed E-state index contributed by atoms with van der Waals surface area (Å²) in [7, 11) is 0. The number of nitrogens with one attached hydrogen (secondary N) is 2. The van der Waals surface area contributed by atoms with Gasteiger partial charge in [-0.15, -0.1) is 13.2 Å². The summed E-state index contributed by atoms with van der Waals surface area (Å²) in [5, 5.41) is 0. The predicted octanol–water partition coefficient (Wildman–Crippen LogP) is 2.88. The first-order valence-electron chi connectivity index (χ1n) is 6.20. The lowest BCUT2D eigenvalue weighted by molar-refractivity contribution is -0.118. The van der Waals surface area contributed by atoms with Crippen LogP contribution in [0.4, 0.5) is 0 Å². The van der Waals surface area contributed by atoms with Crippen LogP contribution in [0.25, 0.3) is 0 Å². The summed E-state index contributed by atoms with van der Waals surface area (Å²) >= 11 is 0. The second-order valence-corrected chi connectivity index (χ2v) is 3.83. The van der Waals surface area contributed by atoms with Gasteiger partial charge in [-0.25, -0.2) is 5.43 Å². The van der Waals surface area contributed by atoms with E-state index in [1.165, 1.54) is 12.8 Å². The van der Waals surface area contributed by atoms with E-state index in [2.05, 4.69) is 30.9 Å². The molecule has 0 aliphatic heterocycles. The SMILES string of the molecule is C=CCC=C(CC=C)C(=O)NNCCCCC. The molecule has 0 saturated carbocycles. The minimum absolute atomic E-state index is 0.0803. The molecule has 1 amide bonds. The number of hydrogen-bond donors (Lipinski definition) is 2. The third kappa shape index (κ3) is 8.46. The molecule has 0 fully saturated rings. The van der Waals surface area contributed by atoms with E-state index in [1.54, 1.807) is 12.2 Å². The van der Waals surface area contributed by atoms with Gasteiger partial charge in [0.1, 0.15) is 0 Å². The fraction of sp³-hybridized carbons (Fsp3) is 0.500. The van der Waals surface area contributed by atoms with Gasteiger partial charge in [-0.3, -0.25) is 10.2 Å². The van der Waals surface area contributed by atoms with E-state index >= 15 is 0 Å². The molecule has 0 saturated heterocycles. The van der Waals surface area contributed by atoms with Crippen LogP contribution in [0.2, 0.25) is 0 Å². The summed E-state index contributed by atoms with van der Waals surface area (Å²) in [6.45, 7) is 10.2. The molecule has 0 unspecified atom stereocenters.